The molecule has 4 aromatic rings. The Morgan fingerprint density at radius 3 is 2.56 bits per heavy atom. The first-order valence-electron chi connectivity index (χ1n) is 12.9. The fraction of sp³-hybridized carbons (Fsp3) is 0.385. The lowest BCUT2D eigenvalue weighted by Crippen LogP contribution is -2.60. The normalized spacial score (nSPS) is 15.7. The van der Waals surface area contributed by atoms with Crippen molar-refractivity contribution in [1.29, 1.82) is 0 Å². The molecule has 230 valence electrons. The molecular weight excluding hydrogens is 614 g/mol. The number of nitrogens with zero attached hydrogens (tertiary/aromatic N) is 8. The predicted molar refractivity (Wildman–Crippen MR) is 152 cm³/mol. The summed E-state index contributed by atoms with van der Waals surface area (Å²) in [4.78, 5) is 37.0. The van der Waals surface area contributed by atoms with Gasteiger partial charge in [-0.1, -0.05) is 11.6 Å². The predicted octanol–water partition coefficient (Wildman–Crippen LogP) is 2.56. The average molecular weight is 642 g/mol. The zero-order valence-corrected chi connectivity index (χ0v) is 24.6. The van der Waals surface area contributed by atoms with E-state index in [1.54, 1.807) is 17.0 Å². The number of carbonyl (C=O) groups excluding carboxylic acids is 1. The van der Waals surface area contributed by atoms with Crippen LogP contribution in [0.2, 0.25) is 5.02 Å². The Morgan fingerprint density at radius 1 is 1.16 bits per heavy atom. The summed E-state index contributed by atoms with van der Waals surface area (Å²) in [6, 6.07) is 9.31. The minimum absolute atomic E-state index is 0. The van der Waals surface area contributed by atoms with Crippen LogP contribution in [-0.4, -0.2) is 87.5 Å². The van der Waals surface area contributed by atoms with E-state index in [1.165, 1.54) is 41.5 Å². The summed E-state index contributed by atoms with van der Waals surface area (Å²) < 4.78 is 42.5. The number of aromatic nitrogens is 7. The number of hydrogen-bond donors (Lipinski definition) is 2. The minimum atomic E-state index is -4.95. The molecule has 1 aliphatic heterocycles. The number of piperazine rings is 1. The number of halogens is 5. The molecule has 0 spiro atoms. The molecule has 1 saturated heterocycles. The third-order valence-corrected chi connectivity index (χ3v) is 7.12. The SMILES string of the molecule is CC1(C)CNCCN1C(=O)c1ncccc1-n1cnc(Cn2nc(-c3ccc(Cl)cc3)n(CC(O)C(F)(F)F)c2=O)n1.Cl. The fourth-order valence-corrected chi connectivity index (χ4v) is 4.78. The maximum atomic E-state index is 13.5. The molecule has 3 aromatic heterocycles. The molecule has 1 atom stereocenters. The fourth-order valence-electron chi connectivity index (χ4n) is 4.65. The molecule has 5 rings (SSSR count). The van der Waals surface area contributed by atoms with Gasteiger partial charge in [0.2, 0.25) is 0 Å². The van der Waals surface area contributed by atoms with Crippen LogP contribution < -0.4 is 11.0 Å². The van der Waals surface area contributed by atoms with Crippen LogP contribution in [0.4, 0.5) is 13.2 Å². The van der Waals surface area contributed by atoms with Crippen molar-refractivity contribution in [3.05, 3.63) is 75.9 Å². The number of rotatable bonds is 7. The third-order valence-electron chi connectivity index (χ3n) is 6.87. The van der Waals surface area contributed by atoms with Gasteiger partial charge in [0.1, 0.15) is 12.9 Å². The first kappa shape index (κ1) is 32.1. The van der Waals surface area contributed by atoms with E-state index in [-0.39, 0.29) is 42.2 Å². The van der Waals surface area contributed by atoms with Crippen molar-refractivity contribution in [3.8, 4) is 17.1 Å². The second-order valence-corrected chi connectivity index (χ2v) is 10.8. The number of pyridine rings is 1. The number of nitrogens with one attached hydrogen (secondary N) is 1. The van der Waals surface area contributed by atoms with Gasteiger partial charge in [0.25, 0.3) is 5.91 Å². The van der Waals surface area contributed by atoms with Crippen LogP contribution in [0.15, 0.2) is 53.7 Å². The van der Waals surface area contributed by atoms with Crippen LogP contribution in [0.25, 0.3) is 17.1 Å². The van der Waals surface area contributed by atoms with E-state index in [4.69, 9.17) is 11.6 Å². The molecule has 1 amide bonds. The highest BCUT2D eigenvalue weighted by Gasteiger charge is 2.39. The van der Waals surface area contributed by atoms with Crippen molar-refractivity contribution in [2.45, 2.75) is 44.8 Å². The van der Waals surface area contributed by atoms with Gasteiger partial charge in [0.05, 0.1) is 17.8 Å². The molecule has 2 N–H and O–H groups in total. The van der Waals surface area contributed by atoms with Gasteiger partial charge in [0, 0.05) is 36.4 Å². The summed E-state index contributed by atoms with van der Waals surface area (Å²) in [7, 11) is 0. The Kier molecular flexibility index (Phi) is 9.30. The lowest BCUT2D eigenvalue weighted by molar-refractivity contribution is -0.207. The standard InChI is InChI=1S/C26H27ClF3N9O3.ClH/c1-25(2)14-31-10-11-37(25)23(41)21-18(4-3-9-32-21)39-15-33-20(34-39)13-38-24(42)36(12-19(40)26(28,29)30)22(35-38)16-5-7-17(27)8-6-16;/h3-9,15,19,31,40H,10-14H2,1-2H3;1H. The third kappa shape index (κ3) is 6.74. The van der Waals surface area contributed by atoms with E-state index >= 15 is 0 Å². The van der Waals surface area contributed by atoms with E-state index in [2.05, 4.69) is 25.5 Å². The Labute approximate surface area is 254 Å². The number of alkyl halides is 3. The topological polar surface area (TPSA) is 136 Å². The van der Waals surface area contributed by atoms with Gasteiger partial charge >= 0.3 is 11.9 Å². The lowest BCUT2D eigenvalue weighted by atomic mass is 9.99. The van der Waals surface area contributed by atoms with Gasteiger partial charge in [-0.05, 0) is 50.2 Å². The van der Waals surface area contributed by atoms with Crippen molar-refractivity contribution in [1.82, 2.24) is 44.3 Å². The number of benzene rings is 1. The second kappa shape index (κ2) is 12.4. The van der Waals surface area contributed by atoms with E-state index in [9.17, 15) is 27.9 Å². The van der Waals surface area contributed by atoms with E-state index in [1.807, 2.05) is 13.8 Å². The lowest BCUT2D eigenvalue weighted by Gasteiger charge is -2.42. The zero-order valence-electron chi connectivity index (χ0n) is 23.0. The molecule has 12 nitrogen and oxygen atoms in total. The highest BCUT2D eigenvalue weighted by molar-refractivity contribution is 6.30. The summed E-state index contributed by atoms with van der Waals surface area (Å²) in [5.74, 6) is -0.274. The van der Waals surface area contributed by atoms with Gasteiger partial charge < -0.3 is 15.3 Å². The highest BCUT2D eigenvalue weighted by Crippen LogP contribution is 2.25. The molecule has 43 heavy (non-hydrogen) atoms. The van der Waals surface area contributed by atoms with E-state index in [0.29, 0.717) is 35.9 Å². The van der Waals surface area contributed by atoms with Gasteiger partial charge in [-0.2, -0.15) is 13.2 Å². The molecule has 4 heterocycles. The number of aliphatic hydroxyl groups excluding tert-OH is 1. The maximum absolute atomic E-state index is 13.5. The van der Waals surface area contributed by atoms with Crippen molar-refractivity contribution in [3.63, 3.8) is 0 Å². The van der Waals surface area contributed by atoms with Gasteiger partial charge in [-0.15, -0.1) is 22.6 Å². The van der Waals surface area contributed by atoms with E-state index < -0.39 is 30.1 Å². The van der Waals surface area contributed by atoms with Crippen molar-refractivity contribution in [2.75, 3.05) is 19.6 Å². The zero-order chi connectivity index (χ0) is 30.2. The van der Waals surface area contributed by atoms with Crippen LogP contribution in [0.1, 0.15) is 30.2 Å². The molecule has 0 saturated carbocycles. The number of aliphatic hydroxyl groups is 1. The molecule has 0 bridgehead atoms. The Morgan fingerprint density at radius 2 is 1.88 bits per heavy atom. The van der Waals surface area contributed by atoms with Crippen LogP contribution in [-0.2, 0) is 13.1 Å². The maximum Gasteiger partial charge on any atom is 0.416 e. The van der Waals surface area contributed by atoms with Gasteiger partial charge in [0.15, 0.2) is 23.4 Å². The molecule has 0 aliphatic carbocycles. The van der Waals surface area contributed by atoms with Gasteiger partial charge in [-0.3, -0.25) is 9.36 Å². The Hall–Kier alpha value is -3.79. The van der Waals surface area contributed by atoms with E-state index in [0.717, 1.165) is 9.25 Å². The first-order chi connectivity index (χ1) is 19.8. The number of hydrogen-bond acceptors (Lipinski definition) is 8. The summed E-state index contributed by atoms with van der Waals surface area (Å²) in [6.07, 6.45) is -4.89. The van der Waals surface area contributed by atoms with Crippen LogP contribution >= 0.6 is 24.0 Å². The molecule has 0 radical (unpaired) electrons. The Balaban J connectivity index is 0.00000423. The van der Waals surface area contributed by atoms with Crippen molar-refractivity contribution >= 4 is 29.9 Å². The largest absolute Gasteiger partial charge is 0.416 e. The van der Waals surface area contributed by atoms with Crippen LogP contribution in [0.5, 0.6) is 0 Å². The highest BCUT2D eigenvalue weighted by atomic mass is 35.5. The molecule has 1 aromatic carbocycles. The molecule has 1 aliphatic rings. The number of amides is 1. The van der Waals surface area contributed by atoms with Gasteiger partial charge in [-0.25, -0.2) is 24.1 Å². The Bertz CT molecular complexity index is 1650. The van der Waals surface area contributed by atoms with Crippen LogP contribution in [0.3, 0.4) is 0 Å². The molecular formula is C26H28Cl2F3N9O3. The monoisotopic (exact) mass is 641 g/mol. The quantitative estimate of drug-likeness (QED) is 0.314. The molecule has 1 unspecified atom stereocenters. The summed E-state index contributed by atoms with van der Waals surface area (Å²) in [5, 5.41) is 22.0. The molecule has 17 heteroatoms. The summed E-state index contributed by atoms with van der Waals surface area (Å²) in [5.41, 5.74) is -0.505. The van der Waals surface area contributed by atoms with Crippen LogP contribution in [0, 0.1) is 0 Å². The van der Waals surface area contributed by atoms with Crippen molar-refractivity contribution in [2.24, 2.45) is 0 Å². The smallest absolute Gasteiger partial charge is 0.382 e. The number of carbonyl (C=O) groups is 1. The average Bonchev–Trinajstić information content (AvgIpc) is 3.53. The first-order valence-corrected chi connectivity index (χ1v) is 13.3. The summed E-state index contributed by atoms with van der Waals surface area (Å²) >= 11 is 5.94. The molecule has 1 fully saturated rings. The minimum Gasteiger partial charge on any atom is -0.382 e. The second-order valence-electron chi connectivity index (χ2n) is 10.4. The summed E-state index contributed by atoms with van der Waals surface area (Å²) in [6.45, 7) is 4.31. The van der Waals surface area contributed by atoms with Crippen molar-refractivity contribution < 1.29 is 23.1 Å².